The molecule has 0 amide bonds. The van der Waals surface area contributed by atoms with E-state index in [2.05, 4.69) is 63.1 Å². The fourth-order valence-electron chi connectivity index (χ4n) is 2.42. The van der Waals surface area contributed by atoms with Gasteiger partial charge >= 0.3 is 0 Å². The topological polar surface area (TPSA) is 9.23 Å². The molecule has 0 unspecified atom stereocenters. The SMILES string of the molecule is C[Si](C)(C)C[Si](C)(C)OCCc1ccccc1. The van der Waals surface area contributed by atoms with Crippen molar-refractivity contribution in [3.05, 3.63) is 35.9 Å². The summed E-state index contributed by atoms with van der Waals surface area (Å²) in [4.78, 5) is 0. The van der Waals surface area contributed by atoms with Crippen molar-refractivity contribution < 1.29 is 4.43 Å². The van der Waals surface area contributed by atoms with Crippen LogP contribution >= 0.6 is 0 Å². The summed E-state index contributed by atoms with van der Waals surface area (Å²) in [6, 6.07) is 10.6. The first-order chi connectivity index (χ1) is 7.79. The highest BCUT2D eigenvalue weighted by atomic mass is 28.4. The van der Waals surface area contributed by atoms with Crippen molar-refractivity contribution in [3.8, 4) is 0 Å². The van der Waals surface area contributed by atoms with Gasteiger partial charge in [0.1, 0.15) is 0 Å². The van der Waals surface area contributed by atoms with E-state index in [1.807, 2.05) is 0 Å². The Balaban J connectivity index is 2.35. The normalized spacial score (nSPS) is 12.8. The molecule has 0 heterocycles. The Hall–Kier alpha value is -0.386. The van der Waals surface area contributed by atoms with Crippen molar-refractivity contribution in [1.82, 2.24) is 0 Å². The van der Waals surface area contributed by atoms with Crippen LogP contribution in [-0.4, -0.2) is 23.0 Å². The molecule has 1 aromatic carbocycles. The van der Waals surface area contributed by atoms with Crippen LogP contribution in [0, 0.1) is 0 Å². The third-order valence-electron chi connectivity index (χ3n) is 2.68. The van der Waals surface area contributed by atoms with E-state index in [0.29, 0.717) is 0 Å². The third-order valence-corrected chi connectivity index (χ3v) is 11.3. The van der Waals surface area contributed by atoms with E-state index in [0.717, 1.165) is 13.0 Å². The number of hydrogen-bond donors (Lipinski definition) is 0. The lowest BCUT2D eigenvalue weighted by Crippen LogP contribution is -2.40. The highest BCUT2D eigenvalue weighted by Crippen LogP contribution is 2.20. The summed E-state index contributed by atoms with van der Waals surface area (Å²) < 4.78 is 6.18. The molecule has 1 rings (SSSR count). The molecule has 0 saturated heterocycles. The van der Waals surface area contributed by atoms with Crippen LogP contribution in [0.1, 0.15) is 5.56 Å². The number of benzene rings is 1. The van der Waals surface area contributed by atoms with E-state index in [9.17, 15) is 0 Å². The monoisotopic (exact) mass is 266 g/mol. The predicted molar refractivity (Wildman–Crippen MR) is 81.7 cm³/mol. The molecule has 1 aromatic rings. The van der Waals surface area contributed by atoms with Gasteiger partial charge in [-0.1, -0.05) is 50.0 Å². The van der Waals surface area contributed by atoms with Crippen molar-refractivity contribution in [2.45, 2.75) is 44.8 Å². The van der Waals surface area contributed by atoms with Crippen molar-refractivity contribution in [3.63, 3.8) is 0 Å². The van der Waals surface area contributed by atoms with Gasteiger partial charge in [-0.2, -0.15) is 0 Å². The first kappa shape index (κ1) is 14.7. The molecular weight excluding hydrogens is 240 g/mol. The zero-order valence-corrected chi connectivity index (χ0v) is 13.9. The Labute approximate surface area is 108 Å². The molecule has 0 aliphatic carbocycles. The Morgan fingerprint density at radius 1 is 0.941 bits per heavy atom. The molecule has 0 bridgehead atoms. The standard InChI is InChI=1S/C14H26OSi2/c1-16(2,3)13-17(4,5)15-12-11-14-9-7-6-8-10-14/h6-10H,11-13H2,1-5H3. The van der Waals surface area contributed by atoms with E-state index in [1.165, 1.54) is 11.2 Å². The second-order valence-corrected chi connectivity index (χ2v) is 16.9. The van der Waals surface area contributed by atoms with Crippen LogP contribution in [-0.2, 0) is 10.8 Å². The smallest absolute Gasteiger partial charge is 0.184 e. The summed E-state index contributed by atoms with van der Waals surface area (Å²) in [7, 11) is -2.42. The molecule has 0 N–H and O–H groups in total. The third kappa shape index (κ3) is 6.81. The van der Waals surface area contributed by atoms with Gasteiger partial charge in [0.15, 0.2) is 8.32 Å². The minimum absolute atomic E-state index is 0.883. The van der Waals surface area contributed by atoms with Gasteiger partial charge in [-0.15, -0.1) is 0 Å². The molecule has 1 nitrogen and oxygen atoms in total. The van der Waals surface area contributed by atoms with Gasteiger partial charge in [-0.05, 0) is 30.7 Å². The van der Waals surface area contributed by atoms with Crippen LogP contribution in [0.3, 0.4) is 0 Å². The van der Waals surface area contributed by atoms with Crippen LogP contribution in [0.5, 0.6) is 0 Å². The lowest BCUT2D eigenvalue weighted by atomic mass is 10.2. The van der Waals surface area contributed by atoms with Crippen LogP contribution < -0.4 is 0 Å². The summed E-state index contributed by atoms with van der Waals surface area (Å²) >= 11 is 0. The largest absolute Gasteiger partial charge is 0.417 e. The van der Waals surface area contributed by atoms with E-state index >= 15 is 0 Å². The van der Waals surface area contributed by atoms with E-state index < -0.39 is 16.4 Å². The first-order valence-electron chi connectivity index (χ1n) is 6.46. The summed E-state index contributed by atoms with van der Waals surface area (Å²) in [6.07, 6.45) is 1.04. The first-order valence-corrected chi connectivity index (χ1v) is 13.3. The maximum Gasteiger partial charge on any atom is 0.184 e. The maximum atomic E-state index is 6.18. The van der Waals surface area contributed by atoms with Crippen molar-refractivity contribution >= 4 is 16.4 Å². The summed E-state index contributed by atoms with van der Waals surface area (Å²) in [5.74, 6) is 0. The summed E-state index contributed by atoms with van der Waals surface area (Å²) in [6.45, 7) is 12.9. The summed E-state index contributed by atoms with van der Waals surface area (Å²) in [5, 5.41) is 0. The highest BCUT2D eigenvalue weighted by Gasteiger charge is 2.29. The molecule has 0 radical (unpaired) electrons. The number of hydrogen-bond acceptors (Lipinski definition) is 1. The zero-order valence-electron chi connectivity index (χ0n) is 11.9. The van der Waals surface area contributed by atoms with E-state index in [1.54, 1.807) is 0 Å². The molecule has 3 heteroatoms. The molecule has 0 aliphatic rings. The Morgan fingerprint density at radius 3 is 2.06 bits per heavy atom. The van der Waals surface area contributed by atoms with Crippen LogP contribution in [0.15, 0.2) is 30.3 Å². The van der Waals surface area contributed by atoms with Crippen LogP contribution in [0.4, 0.5) is 0 Å². The van der Waals surface area contributed by atoms with Gasteiger partial charge in [-0.25, -0.2) is 0 Å². The minimum Gasteiger partial charge on any atom is -0.417 e. The predicted octanol–water partition coefficient (Wildman–Crippen LogP) is 4.33. The molecule has 0 aromatic heterocycles. The molecule has 0 aliphatic heterocycles. The van der Waals surface area contributed by atoms with Crippen molar-refractivity contribution in [2.75, 3.05) is 6.61 Å². The fraction of sp³-hybridized carbons (Fsp3) is 0.571. The Morgan fingerprint density at radius 2 is 1.53 bits per heavy atom. The van der Waals surface area contributed by atoms with Gasteiger partial charge in [0.05, 0.1) is 0 Å². The van der Waals surface area contributed by atoms with Crippen molar-refractivity contribution in [2.24, 2.45) is 0 Å². The average molecular weight is 267 g/mol. The maximum absolute atomic E-state index is 6.18. The molecule has 96 valence electrons. The molecule has 17 heavy (non-hydrogen) atoms. The van der Waals surface area contributed by atoms with Crippen LogP contribution in [0.2, 0.25) is 38.4 Å². The van der Waals surface area contributed by atoms with E-state index in [4.69, 9.17) is 4.43 Å². The van der Waals surface area contributed by atoms with Gasteiger partial charge in [0.25, 0.3) is 0 Å². The summed E-state index contributed by atoms with van der Waals surface area (Å²) in [5.41, 5.74) is 2.74. The minimum atomic E-state index is -1.43. The highest BCUT2D eigenvalue weighted by molar-refractivity contribution is 6.92. The van der Waals surface area contributed by atoms with Gasteiger partial charge in [0, 0.05) is 14.7 Å². The fourth-order valence-corrected chi connectivity index (χ4v) is 13.7. The van der Waals surface area contributed by atoms with Crippen LogP contribution in [0.25, 0.3) is 0 Å². The number of rotatable bonds is 6. The molecule has 0 spiro atoms. The quantitative estimate of drug-likeness (QED) is 0.697. The van der Waals surface area contributed by atoms with Gasteiger partial charge < -0.3 is 4.43 Å². The Bertz CT molecular complexity index is 328. The molecule has 0 atom stereocenters. The zero-order chi connectivity index (χ0) is 12.9. The average Bonchev–Trinajstić information content (AvgIpc) is 2.15. The molecular formula is C14H26OSi2. The van der Waals surface area contributed by atoms with Crippen molar-refractivity contribution in [1.29, 1.82) is 0 Å². The Kier molecular flexibility index (Phi) is 5.16. The van der Waals surface area contributed by atoms with E-state index in [-0.39, 0.29) is 0 Å². The lowest BCUT2D eigenvalue weighted by Gasteiger charge is -2.29. The lowest BCUT2D eigenvalue weighted by molar-refractivity contribution is 0.314. The van der Waals surface area contributed by atoms with Gasteiger partial charge in [0.2, 0.25) is 0 Å². The molecule has 0 fully saturated rings. The second kappa shape index (κ2) is 5.98. The molecule has 0 saturated carbocycles. The van der Waals surface area contributed by atoms with Gasteiger partial charge in [-0.3, -0.25) is 0 Å². The second-order valence-electron chi connectivity index (χ2n) is 6.58.